The lowest BCUT2D eigenvalue weighted by atomic mass is 10.1. The van der Waals surface area contributed by atoms with Crippen molar-refractivity contribution in [2.45, 2.75) is 31.2 Å². The lowest BCUT2D eigenvalue weighted by molar-refractivity contribution is -0.113. The van der Waals surface area contributed by atoms with Crippen LogP contribution >= 0.6 is 23.1 Å². The summed E-state index contributed by atoms with van der Waals surface area (Å²) >= 11 is 2.91. The van der Waals surface area contributed by atoms with Crippen molar-refractivity contribution in [1.82, 2.24) is 9.97 Å². The van der Waals surface area contributed by atoms with Crippen molar-refractivity contribution in [2.24, 2.45) is 0 Å². The minimum absolute atomic E-state index is 0.126. The molecule has 0 saturated heterocycles. The van der Waals surface area contributed by atoms with Gasteiger partial charge < -0.3 is 5.32 Å². The van der Waals surface area contributed by atoms with Crippen LogP contribution in [0.4, 0.5) is 5.00 Å². The molecule has 1 aliphatic carbocycles. The predicted octanol–water partition coefficient (Wildman–Crippen LogP) is 4.60. The molecule has 2 heterocycles. The van der Waals surface area contributed by atoms with E-state index in [1.54, 1.807) is 0 Å². The van der Waals surface area contributed by atoms with Crippen LogP contribution in [0.3, 0.4) is 0 Å². The molecule has 1 aromatic carbocycles. The third kappa shape index (κ3) is 3.93. The molecule has 1 aliphatic rings. The molecule has 0 atom stereocenters. The normalized spacial score (nSPS) is 12.4. The van der Waals surface area contributed by atoms with Gasteiger partial charge in [-0.3, -0.25) is 4.79 Å². The number of thiophene rings is 1. The van der Waals surface area contributed by atoms with Gasteiger partial charge in [-0.2, -0.15) is 5.26 Å². The topological polar surface area (TPSA) is 78.7 Å². The minimum atomic E-state index is -0.126. The Balaban J connectivity index is 1.45. The van der Waals surface area contributed by atoms with E-state index in [9.17, 15) is 10.1 Å². The first-order valence-electron chi connectivity index (χ1n) is 9.02. The molecule has 140 valence electrons. The molecule has 7 heteroatoms. The number of thioether (sulfide) groups is 1. The van der Waals surface area contributed by atoms with Crippen molar-refractivity contribution >= 4 is 34.0 Å². The van der Waals surface area contributed by atoms with Crippen LogP contribution in [0, 0.1) is 18.3 Å². The first-order chi connectivity index (χ1) is 13.6. The zero-order valence-electron chi connectivity index (χ0n) is 15.4. The van der Waals surface area contributed by atoms with Gasteiger partial charge in [0.05, 0.1) is 17.0 Å². The Morgan fingerprint density at radius 1 is 1.29 bits per heavy atom. The van der Waals surface area contributed by atoms with Crippen molar-refractivity contribution in [3.8, 4) is 17.3 Å². The maximum Gasteiger partial charge on any atom is 0.235 e. The Morgan fingerprint density at radius 3 is 2.89 bits per heavy atom. The Hall–Kier alpha value is -2.69. The second-order valence-corrected chi connectivity index (χ2v) is 8.62. The van der Waals surface area contributed by atoms with E-state index in [-0.39, 0.29) is 11.7 Å². The highest BCUT2D eigenvalue weighted by Gasteiger charge is 2.23. The lowest BCUT2D eigenvalue weighted by Crippen LogP contribution is -2.14. The molecule has 0 saturated carbocycles. The summed E-state index contributed by atoms with van der Waals surface area (Å²) in [7, 11) is 0. The molecule has 28 heavy (non-hydrogen) atoms. The van der Waals surface area contributed by atoms with Crippen molar-refractivity contribution in [3.05, 3.63) is 58.2 Å². The van der Waals surface area contributed by atoms with Gasteiger partial charge in [0.25, 0.3) is 0 Å². The number of nitrogens with one attached hydrogen (secondary N) is 1. The van der Waals surface area contributed by atoms with Crippen LogP contribution < -0.4 is 5.32 Å². The summed E-state index contributed by atoms with van der Waals surface area (Å²) in [6.07, 6.45) is 3.03. The standard InChI is InChI=1S/C21H18N4OS2/c1-13-23-17(14-6-3-2-4-7-14)10-20(24-13)27-12-19(26)25-21-16(11-22)15-8-5-9-18(15)28-21/h2-4,6-7,10H,5,8-9,12H2,1H3,(H,25,26). The van der Waals surface area contributed by atoms with E-state index >= 15 is 0 Å². The van der Waals surface area contributed by atoms with E-state index in [1.807, 2.05) is 43.3 Å². The van der Waals surface area contributed by atoms with Crippen molar-refractivity contribution in [1.29, 1.82) is 5.26 Å². The fraction of sp³-hybridized carbons (Fsp3) is 0.238. The average Bonchev–Trinajstić information content (AvgIpc) is 3.27. The van der Waals surface area contributed by atoms with Gasteiger partial charge in [0.2, 0.25) is 5.91 Å². The van der Waals surface area contributed by atoms with Crippen LogP contribution in [0.1, 0.15) is 28.2 Å². The second kappa shape index (κ2) is 8.13. The minimum Gasteiger partial charge on any atom is -0.316 e. The average molecular weight is 407 g/mol. The number of carbonyl (C=O) groups excluding carboxylic acids is 1. The number of anilines is 1. The number of nitriles is 1. The van der Waals surface area contributed by atoms with Crippen LogP contribution in [-0.2, 0) is 17.6 Å². The van der Waals surface area contributed by atoms with Gasteiger partial charge in [-0.1, -0.05) is 42.1 Å². The number of aryl methyl sites for hydroxylation is 2. The number of hydrogen-bond donors (Lipinski definition) is 1. The number of carbonyl (C=O) groups is 1. The van der Waals surface area contributed by atoms with Crippen LogP contribution in [-0.4, -0.2) is 21.6 Å². The quantitative estimate of drug-likeness (QED) is 0.495. The smallest absolute Gasteiger partial charge is 0.235 e. The van der Waals surface area contributed by atoms with E-state index in [2.05, 4.69) is 21.4 Å². The molecule has 2 aromatic heterocycles. The summed E-state index contributed by atoms with van der Waals surface area (Å²) in [6.45, 7) is 1.85. The Bertz CT molecular complexity index is 1070. The van der Waals surface area contributed by atoms with Gasteiger partial charge in [-0.15, -0.1) is 11.3 Å². The second-order valence-electron chi connectivity index (χ2n) is 6.51. The summed E-state index contributed by atoms with van der Waals surface area (Å²) < 4.78 is 0. The van der Waals surface area contributed by atoms with E-state index in [4.69, 9.17) is 0 Å². The van der Waals surface area contributed by atoms with Gasteiger partial charge in [0.15, 0.2) is 0 Å². The summed E-state index contributed by atoms with van der Waals surface area (Å²) in [5.41, 5.74) is 3.62. The molecule has 0 aliphatic heterocycles. The van der Waals surface area contributed by atoms with Gasteiger partial charge in [0, 0.05) is 10.4 Å². The van der Waals surface area contributed by atoms with E-state index < -0.39 is 0 Å². The molecule has 3 aromatic rings. The van der Waals surface area contributed by atoms with Crippen molar-refractivity contribution in [2.75, 3.05) is 11.1 Å². The summed E-state index contributed by atoms with van der Waals surface area (Å²) in [5, 5.41) is 13.8. The number of benzene rings is 1. The molecule has 0 unspecified atom stereocenters. The molecule has 0 spiro atoms. The van der Waals surface area contributed by atoms with Gasteiger partial charge in [0.1, 0.15) is 21.9 Å². The number of hydrogen-bond acceptors (Lipinski definition) is 6. The third-order valence-corrected chi connectivity index (χ3v) is 6.64. The highest BCUT2D eigenvalue weighted by Crippen LogP contribution is 2.38. The van der Waals surface area contributed by atoms with Crippen LogP contribution in [0.15, 0.2) is 41.4 Å². The van der Waals surface area contributed by atoms with Gasteiger partial charge >= 0.3 is 0 Å². The Morgan fingerprint density at radius 2 is 2.11 bits per heavy atom. The van der Waals surface area contributed by atoms with Gasteiger partial charge in [-0.25, -0.2) is 9.97 Å². The molecule has 5 nitrogen and oxygen atoms in total. The molecule has 1 amide bonds. The van der Waals surface area contributed by atoms with E-state index in [0.29, 0.717) is 16.4 Å². The molecule has 0 radical (unpaired) electrons. The first kappa shape index (κ1) is 18.7. The monoisotopic (exact) mass is 406 g/mol. The maximum absolute atomic E-state index is 12.4. The fourth-order valence-electron chi connectivity index (χ4n) is 3.28. The van der Waals surface area contributed by atoms with Crippen LogP contribution in [0.2, 0.25) is 0 Å². The predicted molar refractivity (Wildman–Crippen MR) is 113 cm³/mol. The van der Waals surface area contributed by atoms with E-state index in [0.717, 1.165) is 41.1 Å². The third-order valence-electron chi connectivity index (χ3n) is 4.52. The first-order valence-corrected chi connectivity index (χ1v) is 10.8. The van der Waals surface area contributed by atoms with Crippen molar-refractivity contribution in [3.63, 3.8) is 0 Å². The molecule has 0 fully saturated rings. The molecular formula is C21H18N4OS2. The number of aromatic nitrogens is 2. The SMILES string of the molecule is Cc1nc(SCC(=O)Nc2sc3c(c2C#N)CCC3)cc(-c2ccccc2)n1. The summed E-state index contributed by atoms with van der Waals surface area (Å²) in [6, 6.07) is 14.1. The Labute approximate surface area is 171 Å². The molecule has 0 bridgehead atoms. The molecular weight excluding hydrogens is 388 g/mol. The summed E-state index contributed by atoms with van der Waals surface area (Å²) in [4.78, 5) is 22.6. The largest absolute Gasteiger partial charge is 0.316 e. The molecule has 4 rings (SSSR count). The molecule has 1 N–H and O–H groups in total. The van der Waals surface area contributed by atoms with Gasteiger partial charge in [-0.05, 0) is 37.8 Å². The van der Waals surface area contributed by atoms with Crippen LogP contribution in [0.5, 0.6) is 0 Å². The number of amides is 1. The van der Waals surface area contributed by atoms with Crippen molar-refractivity contribution < 1.29 is 4.79 Å². The Kier molecular flexibility index (Phi) is 5.42. The highest BCUT2D eigenvalue weighted by molar-refractivity contribution is 7.99. The number of fused-ring (bicyclic) bond motifs is 1. The maximum atomic E-state index is 12.4. The zero-order chi connectivity index (χ0) is 19.5. The lowest BCUT2D eigenvalue weighted by Gasteiger charge is -2.07. The number of rotatable bonds is 5. The summed E-state index contributed by atoms with van der Waals surface area (Å²) in [5.74, 6) is 0.780. The number of nitrogens with zero attached hydrogens (tertiary/aromatic N) is 3. The van der Waals surface area contributed by atoms with E-state index in [1.165, 1.54) is 28.0 Å². The van der Waals surface area contributed by atoms with Crippen LogP contribution in [0.25, 0.3) is 11.3 Å². The highest BCUT2D eigenvalue weighted by atomic mass is 32.2. The fourth-order valence-corrected chi connectivity index (χ4v) is 5.28. The zero-order valence-corrected chi connectivity index (χ0v) is 17.0.